The Bertz CT molecular complexity index is 348. The first-order valence-electron chi connectivity index (χ1n) is 5.04. The van der Waals surface area contributed by atoms with Crippen LogP contribution >= 0.6 is 11.3 Å². The molecule has 1 aliphatic heterocycles. The van der Waals surface area contributed by atoms with E-state index in [-0.39, 0.29) is 0 Å². The number of hydrogen-bond acceptors (Lipinski definition) is 4. The molecule has 4 heteroatoms. The van der Waals surface area contributed by atoms with Crippen LogP contribution in [0.15, 0.2) is 23.2 Å². The highest BCUT2D eigenvalue weighted by molar-refractivity contribution is 7.08. The van der Waals surface area contributed by atoms with Crippen LogP contribution in [0, 0.1) is 6.92 Å². The zero-order valence-electron chi connectivity index (χ0n) is 9.14. The minimum atomic E-state index is 0.746. The molecule has 0 bridgehead atoms. The molecule has 0 aliphatic carbocycles. The number of hydrogen-bond donors (Lipinski definition) is 0. The first-order chi connectivity index (χ1) is 7.25. The fourth-order valence-electron chi connectivity index (χ4n) is 1.50. The maximum absolute atomic E-state index is 5.69. The smallest absolute Gasteiger partial charge is 0.132 e. The van der Waals surface area contributed by atoms with Gasteiger partial charge in [-0.15, -0.1) is 11.3 Å². The monoisotopic (exact) mass is 224 g/mol. The molecule has 1 aromatic heterocycles. The molecule has 0 amide bonds. The van der Waals surface area contributed by atoms with Crippen LogP contribution in [0.5, 0.6) is 5.75 Å². The van der Waals surface area contributed by atoms with E-state index >= 15 is 0 Å². The topological polar surface area (TPSA) is 15.7 Å². The van der Waals surface area contributed by atoms with Crippen molar-refractivity contribution in [2.24, 2.45) is 0 Å². The minimum Gasteiger partial charge on any atom is -0.491 e. The summed E-state index contributed by atoms with van der Waals surface area (Å²) in [5, 5.41) is 4.17. The lowest BCUT2D eigenvalue weighted by molar-refractivity contribution is 0.230. The number of nitrogens with zero attached hydrogens (tertiary/aromatic N) is 2. The average Bonchev–Trinajstić information content (AvgIpc) is 2.77. The highest BCUT2D eigenvalue weighted by atomic mass is 32.1. The molecule has 15 heavy (non-hydrogen) atoms. The molecule has 2 heterocycles. The summed E-state index contributed by atoms with van der Waals surface area (Å²) in [7, 11) is 2.07. The number of thiophene rings is 1. The minimum absolute atomic E-state index is 0.746. The van der Waals surface area contributed by atoms with Crippen molar-refractivity contribution in [3.8, 4) is 5.75 Å². The second kappa shape index (κ2) is 4.57. The van der Waals surface area contributed by atoms with Crippen LogP contribution in [0.25, 0.3) is 0 Å². The van der Waals surface area contributed by atoms with Gasteiger partial charge in [0.2, 0.25) is 0 Å². The van der Waals surface area contributed by atoms with Crippen molar-refractivity contribution >= 4 is 11.3 Å². The van der Waals surface area contributed by atoms with Gasteiger partial charge in [0.25, 0.3) is 0 Å². The summed E-state index contributed by atoms with van der Waals surface area (Å²) in [5.41, 5.74) is 1.23. The standard InChI is InChI=1S/C11H16N2OS/c1-10-7-15-8-11(10)14-6-5-13-4-3-12(2)9-13/h3-4,7-8H,5-6,9H2,1-2H3. The predicted octanol–water partition coefficient (Wildman–Crippen LogP) is 2.11. The molecule has 0 radical (unpaired) electrons. The zero-order valence-corrected chi connectivity index (χ0v) is 9.96. The van der Waals surface area contributed by atoms with Gasteiger partial charge in [0, 0.05) is 30.4 Å². The molecule has 0 aromatic carbocycles. The maximum Gasteiger partial charge on any atom is 0.132 e. The van der Waals surface area contributed by atoms with Crippen molar-refractivity contribution in [3.63, 3.8) is 0 Å². The number of rotatable bonds is 4. The van der Waals surface area contributed by atoms with Gasteiger partial charge in [-0.3, -0.25) is 0 Å². The van der Waals surface area contributed by atoms with Gasteiger partial charge in [0.05, 0.1) is 13.2 Å². The van der Waals surface area contributed by atoms with E-state index in [1.807, 2.05) is 0 Å². The van der Waals surface area contributed by atoms with Crippen molar-refractivity contribution in [2.45, 2.75) is 6.92 Å². The Balaban J connectivity index is 1.72. The third-order valence-electron chi connectivity index (χ3n) is 2.38. The van der Waals surface area contributed by atoms with Gasteiger partial charge in [-0.25, -0.2) is 0 Å². The fraction of sp³-hybridized carbons (Fsp3) is 0.455. The molecule has 3 nitrogen and oxygen atoms in total. The number of ether oxygens (including phenoxy) is 1. The van der Waals surface area contributed by atoms with Gasteiger partial charge in [-0.05, 0) is 12.3 Å². The Morgan fingerprint density at radius 2 is 2.27 bits per heavy atom. The summed E-state index contributed by atoms with van der Waals surface area (Å²) in [6, 6.07) is 0. The lowest BCUT2D eigenvalue weighted by atomic mass is 10.4. The molecule has 2 rings (SSSR count). The lowest BCUT2D eigenvalue weighted by Crippen LogP contribution is -2.26. The van der Waals surface area contributed by atoms with Crippen LogP contribution in [-0.2, 0) is 0 Å². The molecular formula is C11H16N2OS. The Hall–Kier alpha value is -1.16. The molecule has 1 aliphatic rings. The molecular weight excluding hydrogens is 208 g/mol. The van der Waals surface area contributed by atoms with Gasteiger partial charge in [0.15, 0.2) is 0 Å². The normalized spacial score (nSPS) is 15.1. The Morgan fingerprint density at radius 1 is 1.40 bits per heavy atom. The largest absolute Gasteiger partial charge is 0.491 e. The summed E-state index contributed by atoms with van der Waals surface area (Å²) in [6.07, 6.45) is 4.18. The zero-order chi connectivity index (χ0) is 10.7. The lowest BCUT2D eigenvalue weighted by Gasteiger charge is -2.18. The highest BCUT2D eigenvalue weighted by Gasteiger charge is 2.08. The highest BCUT2D eigenvalue weighted by Crippen LogP contribution is 2.21. The average molecular weight is 224 g/mol. The van der Waals surface area contributed by atoms with Gasteiger partial charge in [0.1, 0.15) is 12.4 Å². The van der Waals surface area contributed by atoms with Crippen LogP contribution in [0.1, 0.15) is 5.56 Å². The summed E-state index contributed by atoms with van der Waals surface area (Å²) in [5.74, 6) is 1.02. The van der Waals surface area contributed by atoms with Crippen molar-refractivity contribution in [1.29, 1.82) is 0 Å². The molecule has 0 fully saturated rings. The molecule has 1 aromatic rings. The van der Waals surface area contributed by atoms with E-state index in [0.717, 1.165) is 25.6 Å². The van der Waals surface area contributed by atoms with E-state index in [4.69, 9.17) is 4.74 Å². The molecule has 0 N–H and O–H groups in total. The van der Waals surface area contributed by atoms with Crippen molar-refractivity contribution in [1.82, 2.24) is 9.80 Å². The van der Waals surface area contributed by atoms with Gasteiger partial charge in [-0.2, -0.15) is 0 Å². The van der Waals surface area contributed by atoms with Crippen LogP contribution < -0.4 is 4.74 Å². The Labute approximate surface area is 94.6 Å². The molecule has 0 spiro atoms. The summed E-state index contributed by atoms with van der Waals surface area (Å²) >= 11 is 1.69. The third-order valence-corrected chi connectivity index (χ3v) is 3.22. The number of aryl methyl sites for hydroxylation is 1. The molecule has 82 valence electrons. The third kappa shape index (κ3) is 2.65. The summed E-state index contributed by atoms with van der Waals surface area (Å²) in [6.45, 7) is 4.73. The van der Waals surface area contributed by atoms with E-state index in [1.165, 1.54) is 5.56 Å². The maximum atomic E-state index is 5.69. The van der Waals surface area contributed by atoms with E-state index in [0.29, 0.717) is 0 Å². The van der Waals surface area contributed by atoms with E-state index in [1.54, 1.807) is 11.3 Å². The van der Waals surface area contributed by atoms with E-state index < -0.39 is 0 Å². The molecule has 0 saturated heterocycles. The van der Waals surface area contributed by atoms with Crippen LogP contribution in [0.4, 0.5) is 0 Å². The molecule has 0 unspecified atom stereocenters. The summed E-state index contributed by atoms with van der Waals surface area (Å²) < 4.78 is 5.69. The van der Waals surface area contributed by atoms with Crippen molar-refractivity contribution in [2.75, 3.05) is 26.9 Å². The quantitative estimate of drug-likeness (QED) is 0.779. The van der Waals surface area contributed by atoms with Gasteiger partial charge >= 0.3 is 0 Å². The van der Waals surface area contributed by atoms with Crippen molar-refractivity contribution < 1.29 is 4.74 Å². The van der Waals surface area contributed by atoms with Crippen LogP contribution in [0.3, 0.4) is 0 Å². The fourth-order valence-corrected chi connectivity index (χ4v) is 2.27. The molecule has 0 atom stereocenters. The van der Waals surface area contributed by atoms with E-state index in [9.17, 15) is 0 Å². The van der Waals surface area contributed by atoms with Crippen molar-refractivity contribution in [3.05, 3.63) is 28.7 Å². The van der Waals surface area contributed by atoms with E-state index in [2.05, 4.69) is 46.9 Å². The molecule has 0 saturated carbocycles. The SMILES string of the molecule is Cc1cscc1OCCN1C=CN(C)C1. The summed E-state index contributed by atoms with van der Waals surface area (Å²) in [4.78, 5) is 4.39. The first-order valence-corrected chi connectivity index (χ1v) is 5.98. The van der Waals surface area contributed by atoms with Gasteiger partial charge < -0.3 is 14.5 Å². The van der Waals surface area contributed by atoms with Crippen LogP contribution in [-0.4, -0.2) is 36.7 Å². The predicted molar refractivity (Wildman–Crippen MR) is 63.0 cm³/mol. The first kappa shape index (κ1) is 10.4. The Kier molecular flexibility index (Phi) is 3.16. The van der Waals surface area contributed by atoms with Gasteiger partial charge in [-0.1, -0.05) is 0 Å². The second-order valence-electron chi connectivity index (χ2n) is 3.78. The second-order valence-corrected chi connectivity index (χ2v) is 4.52. The Morgan fingerprint density at radius 3 is 2.87 bits per heavy atom. The van der Waals surface area contributed by atoms with Crippen LogP contribution in [0.2, 0.25) is 0 Å².